The second kappa shape index (κ2) is 3.67. The number of amides is 2. The minimum atomic E-state index is -0.921. The quantitative estimate of drug-likeness (QED) is 0.665. The zero-order valence-corrected chi connectivity index (χ0v) is 8.24. The van der Waals surface area contributed by atoms with Crippen LogP contribution in [0.2, 0.25) is 0 Å². The molecule has 14 heavy (non-hydrogen) atoms. The summed E-state index contributed by atoms with van der Waals surface area (Å²) in [5.41, 5.74) is 5.36. The number of aliphatic hydroxyl groups is 1. The number of benzene rings is 1. The molecule has 76 valence electrons. The van der Waals surface area contributed by atoms with Crippen molar-refractivity contribution in [3.63, 3.8) is 0 Å². The van der Waals surface area contributed by atoms with Gasteiger partial charge in [0.25, 0.3) is 0 Å². The van der Waals surface area contributed by atoms with Crippen LogP contribution in [0.1, 0.15) is 19.4 Å². The molecule has 1 aromatic carbocycles. The van der Waals surface area contributed by atoms with Crippen LogP contribution in [0.3, 0.4) is 0 Å². The first kappa shape index (κ1) is 10.5. The third-order valence-electron chi connectivity index (χ3n) is 1.84. The molecule has 1 rings (SSSR count). The molecule has 0 spiro atoms. The average molecular weight is 194 g/mol. The number of carbonyl (C=O) groups excluding carboxylic acids is 1. The van der Waals surface area contributed by atoms with Gasteiger partial charge in [-0.2, -0.15) is 0 Å². The fourth-order valence-electron chi connectivity index (χ4n) is 1.12. The Kier molecular flexibility index (Phi) is 2.76. The third-order valence-corrected chi connectivity index (χ3v) is 1.84. The molecule has 0 atom stereocenters. The fraction of sp³-hybridized carbons (Fsp3) is 0.300. The number of carbonyl (C=O) groups is 1. The molecule has 0 aliphatic heterocycles. The highest BCUT2D eigenvalue weighted by molar-refractivity contribution is 5.87. The first-order chi connectivity index (χ1) is 6.39. The fourth-order valence-corrected chi connectivity index (χ4v) is 1.12. The van der Waals surface area contributed by atoms with Gasteiger partial charge in [-0.3, -0.25) is 0 Å². The van der Waals surface area contributed by atoms with E-state index in [1.165, 1.54) is 0 Å². The van der Waals surface area contributed by atoms with Crippen molar-refractivity contribution in [3.05, 3.63) is 29.8 Å². The molecule has 4 heteroatoms. The number of nitrogens with two attached hydrogens (primary N) is 1. The van der Waals surface area contributed by atoms with E-state index >= 15 is 0 Å². The second-order valence-electron chi connectivity index (χ2n) is 3.63. The molecule has 0 unspecified atom stereocenters. The van der Waals surface area contributed by atoms with Gasteiger partial charge >= 0.3 is 6.03 Å². The zero-order valence-electron chi connectivity index (χ0n) is 8.24. The summed E-state index contributed by atoms with van der Waals surface area (Å²) in [6.45, 7) is 3.35. The average Bonchev–Trinajstić information content (AvgIpc) is 2.01. The van der Waals surface area contributed by atoms with Gasteiger partial charge in [0.15, 0.2) is 0 Å². The number of hydrogen-bond donors (Lipinski definition) is 3. The third kappa shape index (κ3) is 2.74. The van der Waals surface area contributed by atoms with E-state index in [9.17, 15) is 9.90 Å². The first-order valence-electron chi connectivity index (χ1n) is 4.29. The SMILES string of the molecule is CC(C)(O)c1cccc(NC(N)=O)c1. The standard InChI is InChI=1S/C10H14N2O2/c1-10(2,14)7-4-3-5-8(6-7)12-9(11)13/h3-6,14H,1-2H3,(H3,11,12,13). The van der Waals surface area contributed by atoms with Crippen molar-refractivity contribution in [3.8, 4) is 0 Å². The highest BCUT2D eigenvalue weighted by atomic mass is 16.3. The molecule has 0 fully saturated rings. The molecule has 0 heterocycles. The van der Waals surface area contributed by atoms with Gasteiger partial charge in [0, 0.05) is 5.69 Å². The maximum atomic E-state index is 10.6. The van der Waals surface area contributed by atoms with Crippen molar-refractivity contribution in [1.82, 2.24) is 0 Å². The van der Waals surface area contributed by atoms with Crippen molar-refractivity contribution >= 4 is 11.7 Å². The lowest BCUT2D eigenvalue weighted by atomic mass is 9.98. The zero-order chi connectivity index (χ0) is 10.8. The van der Waals surface area contributed by atoms with Gasteiger partial charge < -0.3 is 16.2 Å². The Morgan fingerprint density at radius 3 is 2.64 bits per heavy atom. The van der Waals surface area contributed by atoms with Crippen molar-refractivity contribution in [1.29, 1.82) is 0 Å². The van der Waals surface area contributed by atoms with E-state index in [2.05, 4.69) is 5.32 Å². The Morgan fingerprint density at radius 2 is 2.14 bits per heavy atom. The Balaban J connectivity index is 2.95. The topological polar surface area (TPSA) is 75.3 Å². The molecule has 0 bridgehead atoms. The van der Waals surface area contributed by atoms with Crippen molar-refractivity contribution in [2.24, 2.45) is 5.73 Å². The summed E-state index contributed by atoms with van der Waals surface area (Å²) in [5, 5.41) is 12.1. The molecule has 0 saturated carbocycles. The van der Waals surface area contributed by atoms with Crippen LogP contribution in [0, 0.1) is 0 Å². The van der Waals surface area contributed by atoms with Crippen molar-refractivity contribution < 1.29 is 9.90 Å². The Bertz CT molecular complexity index is 342. The number of hydrogen-bond acceptors (Lipinski definition) is 2. The molecule has 1 aromatic rings. The molecule has 0 saturated heterocycles. The Labute approximate surface area is 82.7 Å². The van der Waals surface area contributed by atoms with Crippen LogP contribution in [0.15, 0.2) is 24.3 Å². The minimum Gasteiger partial charge on any atom is -0.386 e. The summed E-state index contributed by atoms with van der Waals surface area (Å²) in [6.07, 6.45) is 0. The summed E-state index contributed by atoms with van der Waals surface area (Å²) < 4.78 is 0. The summed E-state index contributed by atoms with van der Waals surface area (Å²) >= 11 is 0. The van der Waals surface area contributed by atoms with E-state index < -0.39 is 11.6 Å². The molecule has 0 aromatic heterocycles. The molecule has 0 aliphatic rings. The largest absolute Gasteiger partial charge is 0.386 e. The maximum absolute atomic E-state index is 10.6. The van der Waals surface area contributed by atoms with Crippen LogP contribution in [-0.2, 0) is 5.60 Å². The molecular weight excluding hydrogens is 180 g/mol. The number of primary amides is 1. The monoisotopic (exact) mass is 194 g/mol. The van der Waals surface area contributed by atoms with E-state index in [1.807, 2.05) is 0 Å². The number of rotatable bonds is 2. The second-order valence-corrected chi connectivity index (χ2v) is 3.63. The van der Waals surface area contributed by atoms with Crippen molar-refractivity contribution in [2.45, 2.75) is 19.4 Å². The van der Waals surface area contributed by atoms with Crippen LogP contribution in [0.25, 0.3) is 0 Å². The normalized spacial score (nSPS) is 11.1. The van der Waals surface area contributed by atoms with Gasteiger partial charge in [0.1, 0.15) is 0 Å². The predicted octanol–water partition coefficient (Wildman–Crippen LogP) is 1.40. The van der Waals surface area contributed by atoms with Crippen LogP contribution >= 0.6 is 0 Å². The summed E-state index contributed by atoms with van der Waals surface area (Å²) in [7, 11) is 0. The molecular formula is C10H14N2O2. The lowest BCUT2D eigenvalue weighted by molar-refractivity contribution is 0.0786. The molecule has 0 radical (unpaired) electrons. The molecule has 4 nitrogen and oxygen atoms in total. The van der Waals surface area contributed by atoms with E-state index in [0.29, 0.717) is 5.69 Å². The summed E-state index contributed by atoms with van der Waals surface area (Å²) in [6, 6.07) is 6.31. The molecule has 0 aliphatic carbocycles. The van der Waals surface area contributed by atoms with Gasteiger partial charge in [-0.1, -0.05) is 12.1 Å². The smallest absolute Gasteiger partial charge is 0.316 e. The lowest BCUT2D eigenvalue weighted by Crippen LogP contribution is -2.20. The van der Waals surface area contributed by atoms with Gasteiger partial charge in [0.2, 0.25) is 0 Å². The van der Waals surface area contributed by atoms with Crippen LogP contribution in [-0.4, -0.2) is 11.1 Å². The lowest BCUT2D eigenvalue weighted by Gasteiger charge is -2.18. The highest BCUT2D eigenvalue weighted by Gasteiger charge is 2.15. The Morgan fingerprint density at radius 1 is 1.50 bits per heavy atom. The summed E-state index contributed by atoms with van der Waals surface area (Å²) in [4.78, 5) is 10.6. The maximum Gasteiger partial charge on any atom is 0.316 e. The van der Waals surface area contributed by atoms with Gasteiger partial charge in [0.05, 0.1) is 5.60 Å². The van der Waals surface area contributed by atoms with E-state index in [0.717, 1.165) is 5.56 Å². The molecule has 4 N–H and O–H groups in total. The number of nitrogens with one attached hydrogen (secondary N) is 1. The van der Waals surface area contributed by atoms with Crippen LogP contribution in [0.4, 0.5) is 10.5 Å². The number of urea groups is 1. The van der Waals surface area contributed by atoms with Gasteiger partial charge in [-0.15, -0.1) is 0 Å². The summed E-state index contributed by atoms with van der Waals surface area (Å²) in [5.74, 6) is 0. The van der Waals surface area contributed by atoms with Crippen molar-refractivity contribution in [2.75, 3.05) is 5.32 Å². The van der Waals surface area contributed by atoms with E-state index in [-0.39, 0.29) is 0 Å². The molecule has 2 amide bonds. The van der Waals surface area contributed by atoms with Crippen LogP contribution < -0.4 is 11.1 Å². The number of anilines is 1. The van der Waals surface area contributed by atoms with Gasteiger partial charge in [-0.05, 0) is 31.5 Å². The van der Waals surface area contributed by atoms with E-state index in [4.69, 9.17) is 5.73 Å². The minimum absolute atomic E-state index is 0.581. The van der Waals surface area contributed by atoms with E-state index in [1.54, 1.807) is 38.1 Å². The Hall–Kier alpha value is -1.55. The predicted molar refractivity (Wildman–Crippen MR) is 54.9 cm³/mol. The van der Waals surface area contributed by atoms with Gasteiger partial charge in [-0.25, -0.2) is 4.79 Å². The van der Waals surface area contributed by atoms with Crippen LogP contribution in [0.5, 0.6) is 0 Å². The highest BCUT2D eigenvalue weighted by Crippen LogP contribution is 2.22. The first-order valence-corrected chi connectivity index (χ1v) is 4.29.